The molecule has 3 fully saturated rings. The fraction of sp³-hybridized carbons (Fsp3) is 0.387. The number of carbonyl (C=O) groups is 1. The zero-order chi connectivity index (χ0) is 25.0. The first-order chi connectivity index (χ1) is 18.2. The fourth-order valence-corrected chi connectivity index (χ4v) is 4.84. The van der Waals surface area contributed by atoms with Gasteiger partial charge in [0, 0.05) is 0 Å². The monoisotopic (exact) mass is 500 g/mol. The number of esters is 1. The van der Waals surface area contributed by atoms with E-state index in [1.807, 2.05) is 60.7 Å². The molecule has 0 spiro atoms. The van der Waals surface area contributed by atoms with Gasteiger partial charge in [-0.25, -0.2) is 4.79 Å². The first-order valence-corrected chi connectivity index (χ1v) is 13.2. The second-order valence-electron chi connectivity index (χ2n) is 10.1. The summed E-state index contributed by atoms with van der Waals surface area (Å²) in [6.45, 7) is 2.95. The Kier molecular flexibility index (Phi) is 7.22. The van der Waals surface area contributed by atoms with Crippen LogP contribution in [-0.2, 0) is 14.2 Å². The topological polar surface area (TPSA) is 69.8 Å². The number of hydrogen-bond donors (Lipinski definition) is 0. The van der Waals surface area contributed by atoms with Crippen LogP contribution >= 0.6 is 0 Å². The largest absolute Gasteiger partial charge is 0.491 e. The molecular weight excluding hydrogens is 468 g/mol. The Balaban J connectivity index is 0.991. The molecule has 6 rings (SSSR count). The highest BCUT2D eigenvalue weighted by Gasteiger charge is 2.27. The van der Waals surface area contributed by atoms with Gasteiger partial charge in [0.15, 0.2) is 0 Å². The predicted molar refractivity (Wildman–Crippen MR) is 139 cm³/mol. The standard InChI is InChI=1S/C31H32O6/c32-31(25-3-1-21(2-4-25)22-5-11-26(12-6-22)33-17-29-19-35-29)37-28-15-9-24(10-16-28)23-7-13-27(14-8-23)34-18-30-20-36-30/h1-4,7-10,13-16,22,26,29-30H,5-6,11-12,17-20H2. The Morgan fingerprint density at radius 2 is 1.27 bits per heavy atom. The van der Waals surface area contributed by atoms with Crippen molar-refractivity contribution in [3.05, 3.63) is 83.9 Å². The van der Waals surface area contributed by atoms with Crippen molar-refractivity contribution in [3.8, 4) is 22.6 Å². The van der Waals surface area contributed by atoms with Gasteiger partial charge in [-0.2, -0.15) is 0 Å². The van der Waals surface area contributed by atoms with E-state index in [1.165, 1.54) is 5.56 Å². The van der Waals surface area contributed by atoms with Crippen molar-refractivity contribution >= 4 is 5.97 Å². The molecule has 3 aromatic rings. The molecule has 2 unspecified atom stereocenters. The summed E-state index contributed by atoms with van der Waals surface area (Å²) in [5.74, 6) is 1.52. The average molecular weight is 501 g/mol. The third-order valence-electron chi connectivity index (χ3n) is 7.30. The van der Waals surface area contributed by atoms with Crippen LogP contribution in [0.2, 0.25) is 0 Å². The summed E-state index contributed by atoms with van der Waals surface area (Å²) in [6.07, 6.45) is 5.28. The normalized spacial score (nSPS) is 24.3. The molecule has 1 aliphatic carbocycles. The van der Waals surface area contributed by atoms with Crippen LogP contribution < -0.4 is 9.47 Å². The van der Waals surface area contributed by atoms with Crippen LogP contribution in [0.25, 0.3) is 11.1 Å². The highest BCUT2D eigenvalue weighted by atomic mass is 16.6. The third kappa shape index (κ3) is 6.58. The summed E-state index contributed by atoms with van der Waals surface area (Å²) < 4.78 is 27.7. The van der Waals surface area contributed by atoms with Crippen molar-refractivity contribution in [2.45, 2.75) is 49.9 Å². The molecule has 2 heterocycles. The lowest BCUT2D eigenvalue weighted by molar-refractivity contribution is 0.0165. The molecule has 6 heteroatoms. The van der Waals surface area contributed by atoms with E-state index in [1.54, 1.807) is 0 Å². The van der Waals surface area contributed by atoms with E-state index in [2.05, 4.69) is 12.1 Å². The van der Waals surface area contributed by atoms with Gasteiger partial charge in [-0.15, -0.1) is 0 Å². The molecule has 3 aliphatic rings. The summed E-state index contributed by atoms with van der Waals surface area (Å²) in [7, 11) is 0. The van der Waals surface area contributed by atoms with Gasteiger partial charge in [0.2, 0.25) is 0 Å². The minimum absolute atomic E-state index is 0.242. The highest BCUT2D eigenvalue weighted by Crippen LogP contribution is 2.34. The van der Waals surface area contributed by atoms with Crippen LogP contribution in [0.4, 0.5) is 0 Å². The predicted octanol–water partition coefficient (Wildman–Crippen LogP) is 5.79. The molecule has 0 radical (unpaired) electrons. The molecule has 192 valence electrons. The van der Waals surface area contributed by atoms with Crippen molar-refractivity contribution in [1.82, 2.24) is 0 Å². The average Bonchev–Trinajstić information content (AvgIpc) is 3.88. The molecule has 2 aliphatic heterocycles. The van der Waals surface area contributed by atoms with E-state index in [-0.39, 0.29) is 12.1 Å². The molecule has 0 bridgehead atoms. The van der Waals surface area contributed by atoms with Crippen LogP contribution in [0.1, 0.15) is 47.5 Å². The van der Waals surface area contributed by atoms with E-state index in [0.717, 1.165) is 62.4 Å². The molecule has 0 amide bonds. The van der Waals surface area contributed by atoms with Crippen LogP contribution in [-0.4, -0.2) is 50.7 Å². The Bertz CT molecular complexity index is 1170. The molecule has 1 saturated carbocycles. The number of benzene rings is 3. The first kappa shape index (κ1) is 24.2. The van der Waals surface area contributed by atoms with Crippen LogP contribution in [0, 0.1) is 0 Å². The van der Waals surface area contributed by atoms with Crippen molar-refractivity contribution < 1.29 is 28.5 Å². The lowest BCUT2D eigenvalue weighted by Crippen LogP contribution is -2.22. The van der Waals surface area contributed by atoms with Crippen LogP contribution in [0.15, 0.2) is 72.8 Å². The lowest BCUT2D eigenvalue weighted by atomic mass is 9.82. The highest BCUT2D eigenvalue weighted by molar-refractivity contribution is 5.91. The maximum Gasteiger partial charge on any atom is 0.343 e. The molecule has 2 saturated heterocycles. The van der Waals surface area contributed by atoms with Crippen molar-refractivity contribution in [3.63, 3.8) is 0 Å². The molecule has 3 aromatic carbocycles. The zero-order valence-corrected chi connectivity index (χ0v) is 20.8. The number of rotatable bonds is 10. The summed E-state index contributed by atoms with van der Waals surface area (Å²) in [4.78, 5) is 12.7. The van der Waals surface area contributed by atoms with Crippen LogP contribution in [0.5, 0.6) is 11.5 Å². The first-order valence-electron chi connectivity index (χ1n) is 13.2. The minimum Gasteiger partial charge on any atom is -0.491 e. The summed E-state index contributed by atoms with van der Waals surface area (Å²) >= 11 is 0. The zero-order valence-electron chi connectivity index (χ0n) is 20.8. The van der Waals surface area contributed by atoms with E-state index >= 15 is 0 Å². The SMILES string of the molecule is O=C(Oc1ccc(-c2ccc(OCC3CO3)cc2)cc1)c1ccc(C2CCC(OCC3CO3)CC2)cc1. The quantitative estimate of drug-likeness (QED) is 0.199. The summed E-state index contributed by atoms with van der Waals surface area (Å²) in [5.41, 5.74) is 3.95. The molecule has 0 aromatic heterocycles. The molecule has 6 nitrogen and oxygen atoms in total. The number of carbonyl (C=O) groups excluding carboxylic acids is 1. The van der Waals surface area contributed by atoms with E-state index in [4.69, 9.17) is 23.7 Å². The molecular formula is C31H32O6. The second-order valence-corrected chi connectivity index (χ2v) is 10.1. The van der Waals surface area contributed by atoms with Gasteiger partial charge < -0.3 is 23.7 Å². The van der Waals surface area contributed by atoms with Gasteiger partial charge in [-0.1, -0.05) is 36.4 Å². The van der Waals surface area contributed by atoms with Crippen molar-refractivity contribution in [2.24, 2.45) is 0 Å². The van der Waals surface area contributed by atoms with E-state index in [0.29, 0.717) is 36.0 Å². The summed E-state index contributed by atoms with van der Waals surface area (Å²) in [6, 6.07) is 23.4. The van der Waals surface area contributed by atoms with Crippen molar-refractivity contribution in [2.75, 3.05) is 26.4 Å². The lowest BCUT2D eigenvalue weighted by Gasteiger charge is -2.28. The van der Waals surface area contributed by atoms with Gasteiger partial charge in [-0.3, -0.25) is 0 Å². The van der Waals surface area contributed by atoms with Gasteiger partial charge in [0.1, 0.15) is 30.3 Å². The fourth-order valence-electron chi connectivity index (χ4n) is 4.84. The van der Waals surface area contributed by atoms with Crippen LogP contribution in [0.3, 0.4) is 0 Å². The second kappa shape index (κ2) is 11.1. The minimum atomic E-state index is -0.347. The van der Waals surface area contributed by atoms with Gasteiger partial charge in [0.25, 0.3) is 0 Å². The number of ether oxygens (including phenoxy) is 5. The Hall–Kier alpha value is -3.19. The number of hydrogen-bond acceptors (Lipinski definition) is 6. The summed E-state index contributed by atoms with van der Waals surface area (Å²) in [5, 5.41) is 0. The molecule has 37 heavy (non-hydrogen) atoms. The molecule has 2 atom stereocenters. The maximum absolute atomic E-state index is 12.7. The van der Waals surface area contributed by atoms with E-state index < -0.39 is 0 Å². The number of epoxide rings is 2. The Morgan fingerprint density at radius 1 is 0.703 bits per heavy atom. The Morgan fingerprint density at radius 3 is 1.86 bits per heavy atom. The smallest absolute Gasteiger partial charge is 0.343 e. The van der Waals surface area contributed by atoms with E-state index in [9.17, 15) is 4.79 Å². The third-order valence-corrected chi connectivity index (χ3v) is 7.30. The maximum atomic E-state index is 12.7. The Labute approximate surface area is 217 Å². The van der Waals surface area contributed by atoms with Crippen molar-refractivity contribution in [1.29, 1.82) is 0 Å². The molecule has 0 N–H and O–H groups in total. The van der Waals surface area contributed by atoms with Gasteiger partial charge in [-0.05, 0) is 84.7 Å². The van der Waals surface area contributed by atoms with Gasteiger partial charge >= 0.3 is 5.97 Å². The van der Waals surface area contributed by atoms with Gasteiger partial charge in [0.05, 0.1) is 31.5 Å².